The second-order valence-electron chi connectivity index (χ2n) is 8.09. The Labute approximate surface area is 220 Å². The van der Waals surface area contributed by atoms with Crippen molar-refractivity contribution in [2.75, 3.05) is 32.2 Å². The third kappa shape index (κ3) is 5.91. The number of hydrogen-bond acceptors (Lipinski definition) is 8. The van der Waals surface area contributed by atoms with Crippen molar-refractivity contribution in [1.82, 2.24) is 9.97 Å². The van der Waals surface area contributed by atoms with Gasteiger partial charge in [0.2, 0.25) is 0 Å². The van der Waals surface area contributed by atoms with Gasteiger partial charge in [-0.1, -0.05) is 42.2 Å². The van der Waals surface area contributed by atoms with Gasteiger partial charge in [-0.15, -0.1) is 0 Å². The molecule has 0 spiro atoms. The highest BCUT2D eigenvalue weighted by Crippen LogP contribution is 2.28. The lowest BCUT2D eigenvalue weighted by Crippen LogP contribution is -2.16. The number of nitrogens with zero attached hydrogens (tertiary/aromatic N) is 2. The number of carbonyl (C=O) groups excluding carboxylic acids is 1. The van der Waals surface area contributed by atoms with Crippen LogP contribution < -0.4 is 9.46 Å². The van der Waals surface area contributed by atoms with E-state index in [1.165, 1.54) is 26.5 Å². The maximum absolute atomic E-state index is 13.5. The number of nitrogens with one attached hydrogen (secondary N) is 1. The van der Waals surface area contributed by atoms with Gasteiger partial charge in [-0.05, 0) is 30.7 Å². The van der Waals surface area contributed by atoms with Crippen LogP contribution in [-0.4, -0.2) is 51.8 Å². The van der Waals surface area contributed by atoms with Crippen LogP contribution in [0.15, 0.2) is 71.9 Å². The summed E-state index contributed by atoms with van der Waals surface area (Å²) in [6.45, 7) is 2.10. The summed E-state index contributed by atoms with van der Waals surface area (Å²) in [5.41, 5.74) is 2.18. The average molecular weight is 532 g/mol. The first-order valence-electron chi connectivity index (χ1n) is 11.5. The van der Waals surface area contributed by atoms with Crippen molar-refractivity contribution >= 4 is 32.6 Å². The zero-order valence-corrected chi connectivity index (χ0v) is 21.8. The average Bonchev–Trinajstić information content (AvgIpc) is 2.92. The van der Waals surface area contributed by atoms with Crippen LogP contribution in [0.4, 0.5) is 5.69 Å². The predicted octanol–water partition coefficient (Wildman–Crippen LogP) is 3.95. The summed E-state index contributed by atoms with van der Waals surface area (Å²) in [7, 11) is -1.04. The first-order valence-corrected chi connectivity index (χ1v) is 13.0. The van der Waals surface area contributed by atoms with Crippen LogP contribution in [0, 0.1) is 18.8 Å². The number of sulfonamides is 1. The largest absolute Gasteiger partial charge is 0.495 e. The number of ether oxygens (including phenoxy) is 3. The second-order valence-corrected chi connectivity index (χ2v) is 9.71. The maximum atomic E-state index is 13.5. The number of pyridine rings is 2. The predicted molar refractivity (Wildman–Crippen MR) is 143 cm³/mol. The number of rotatable bonds is 8. The smallest absolute Gasteiger partial charge is 0.357 e. The van der Waals surface area contributed by atoms with Gasteiger partial charge in [0.25, 0.3) is 10.0 Å². The zero-order valence-electron chi connectivity index (χ0n) is 21.0. The van der Waals surface area contributed by atoms with Gasteiger partial charge in [0, 0.05) is 36.5 Å². The molecule has 4 rings (SSSR count). The fraction of sp³-hybridized carbons (Fsp3) is 0.179. The second kappa shape index (κ2) is 11.7. The normalized spacial score (nSPS) is 10.9. The summed E-state index contributed by atoms with van der Waals surface area (Å²) in [5.74, 6) is 5.63. The molecule has 2 heterocycles. The van der Waals surface area contributed by atoms with Gasteiger partial charge in [-0.3, -0.25) is 9.71 Å². The molecule has 2 aromatic carbocycles. The molecule has 0 fully saturated rings. The van der Waals surface area contributed by atoms with E-state index in [2.05, 4.69) is 26.5 Å². The molecule has 0 unspecified atom stereocenters. The van der Waals surface area contributed by atoms with Crippen LogP contribution in [0.1, 0.15) is 27.2 Å². The molecule has 0 atom stereocenters. The number of methoxy groups -OCH3 is 2. The summed E-state index contributed by atoms with van der Waals surface area (Å²) >= 11 is 0. The minimum absolute atomic E-state index is 0.0655. The fourth-order valence-electron chi connectivity index (χ4n) is 3.67. The van der Waals surface area contributed by atoms with Crippen molar-refractivity contribution in [3.63, 3.8) is 0 Å². The van der Waals surface area contributed by atoms with E-state index < -0.39 is 16.0 Å². The molecule has 0 aliphatic carbocycles. The lowest BCUT2D eigenvalue weighted by atomic mass is 10.1. The van der Waals surface area contributed by atoms with E-state index in [4.69, 9.17) is 14.2 Å². The van der Waals surface area contributed by atoms with Crippen LogP contribution in [0.3, 0.4) is 0 Å². The van der Waals surface area contributed by atoms with Gasteiger partial charge in [-0.2, -0.15) is 0 Å². The summed E-state index contributed by atoms with van der Waals surface area (Å²) in [6, 6.07) is 15.4. The third-order valence-corrected chi connectivity index (χ3v) is 7.05. The number of para-hydroxylation sites is 1. The molecule has 0 saturated heterocycles. The highest BCUT2D eigenvalue weighted by atomic mass is 32.2. The number of aromatic nitrogens is 2. The Bertz CT molecular complexity index is 1660. The quantitative estimate of drug-likeness (QED) is 0.206. The first kappa shape index (κ1) is 26.6. The Morgan fingerprint density at radius 2 is 1.76 bits per heavy atom. The lowest BCUT2D eigenvalue weighted by molar-refractivity contribution is 0.0381. The van der Waals surface area contributed by atoms with E-state index in [1.807, 2.05) is 12.1 Å². The van der Waals surface area contributed by atoms with E-state index in [-0.39, 0.29) is 23.8 Å². The Balaban J connectivity index is 1.64. The highest BCUT2D eigenvalue weighted by Gasteiger charge is 2.22. The fourth-order valence-corrected chi connectivity index (χ4v) is 5.16. The molecule has 0 saturated carbocycles. The van der Waals surface area contributed by atoms with E-state index in [0.29, 0.717) is 33.6 Å². The number of fused-ring (bicyclic) bond motifs is 1. The monoisotopic (exact) mass is 531 g/mol. The van der Waals surface area contributed by atoms with Crippen LogP contribution in [0.2, 0.25) is 0 Å². The van der Waals surface area contributed by atoms with Gasteiger partial charge in [0.15, 0.2) is 5.69 Å². The molecule has 0 amide bonds. The van der Waals surface area contributed by atoms with Crippen molar-refractivity contribution in [3.8, 4) is 17.6 Å². The van der Waals surface area contributed by atoms with Gasteiger partial charge in [0.05, 0.1) is 30.5 Å². The third-order valence-electron chi connectivity index (χ3n) is 5.51. The van der Waals surface area contributed by atoms with E-state index in [1.54, 1.807) is 49.5 Å². The van der Waals surface area contributed by atoms with Gasteiger partial charge in [0.1, 0.15) is 17.3 Å². The SMILES string of the molecule is COCCOC(=O)c1cc(OC)c(C#Cc2ccccc2NS(=O)(=O)c2c(C)ccc3cccnc23)cn1. The van der Waals surface area contributed by atoms with Crippen LogP contribution in [0.5, 0.6) is 5.75 Å². The molecule has 4 aromatic rings. The van der Waals surface area contributed by atoms with Gasteiger partial charge in [-0.25, -0.2) is 18.2 Å². The number of esters is 1. The minimum atomic E-state index is -3.99. The Kier molecular flexibility index (Phi) is 8.21. The molecular weight excluding hydrogens is 506 g/mol. The summed E-state index contributed by atoms with van der Waals surface area (Å²) in [5, 5.41) is 0.720. The van der Waals surface area contributed by atoms with E-state index in [0.717, 1.165) is 5.39 Å². The van der Waals surface area contributed by atoms with Crippen molar-refractivity contribution in [2.45, 2.75) is 11.8 Å². The summed E-state index contributed by atoms with van der Waals surface area (Å²) in [6.07, 6.45) is 2.96. The molecule has 38 heavy (non-hydrogen) atoms. The molecule has 2 aromatic heterocycles. The van der Waals surface area contributed by atoms with Crippen LogP contribution in [0.25, 0.3) is 10.9 Å². The summed E-state index contributed by atoms with van der Waals surface area (Å²) < 4.78 is 44.9. The molecular formula is C28H25N3O6S. The maximum Gasteiger partial charge on any atom is 0.357 e. The molecule has 194 valence electrons. The molecule has 1 N–H and O–H groups in total. The lowest BCUT2D eigenvalue weighted by Gasteiger charge is -2.13. The number of anilines is 1. The minimum Gasteiger partial charge on any atom is -0.495 e. The molecule has 0 aliphatic rings. The highest BCUT2D eigenvalue weighted by molar-refractivity contribution is 7.93. The van der Waals surface area contributed by atoms with Crippen LogP contribution >= 0.6 is 0 Å². The van der Waals surface area contributed by atoms with Crippen molar-refractivity contribution in [3.05, 3.63) is 89.4 Å². The van der Waals surface area contributed by atoms with Crippen molar-refractivity contribution < 1.29 is 27.4 Å². The number of carbonyl (C=O) groups is 1. The first-order chi connectivity index (χ1) is 18.3. The topological polar surface area (TPSA) is 117 Å². The summed E-state index contributed by atoms with van der Waals surface area (Å²) in [4.78, 5) is 20.7. The number of aryl methyl sites for hydroxylation is 1. The van der Waals surface area contributed by atoms with Gasteiger partial charge >= 0.3 is 5.97 Å². The zero-order chi connectivity index (χ0) is 27.1. The number of hydrogen-bond donors (Lipinski definition) is 1. The molecule has 10 heteroatoms. The van der Waals surface area contributed by atoms with Crippen LogP contribution in [-0.2, 0) is 19.5 Å². The van der Waals surface area contributed by atoms with Gasteiger partial charge < -0.3 is 14.2 Å². The molecule has 9 nitrogen and oxygen atoms in total. The van der Waals surface area contributed by atoms with Crippen molar-refractivity contribution in [2.24, 2.45) is 0 Å². The Hall–Kier alpha value is -4.46. The number of benzene rings is 2. The Morgan fingerprint density at radius 1 is 0.974 bits per heavy atom. The Morgan fingerprint density at radius 3 is 2.55 bits per heavy atom. The standard InChI is InChI=1S/C28H25N3O6S/c1-19-10-11-21-8-6-14-29-26(21)27(19)38(33,34)31-23-9-5-4-7-20(23)12-13-22-18-30-24(17-25(22)36-3)28(32)37-16-15-35-2/h4-11,14,17-18,31H,15-16H2,1-3H3. The van der Waals surface area contributed by atoms with E-state index >= 15 is 0 Å². The van der Waals surface area contributed by atoms with E-state index in [9.17, 15) is 13.2 Å². The molecule has 0 bridgehead atoms. The molecule has 0 aliphatic heterocycles. The molecule has 0 radical (unpaired) electrons. The van der Waals surface area contributed by atoms with Crippen molar-refractivity contribution in [1.29, 1.82) is 0 Å².